The van der Waals surface area contributed by atoms with Crippen molar-refractivity contribution in [3.05, 3.63) is 12.2 Å². The topological polar surface area (TPSA) is 78.9 Å². The molecule has 0 heterocycles. The third-order valence-electron chi connectivity index (χ3n) is 11.0. The molecule has 0 radical (unpaired) electrons. The molecule has 0 aromatic rings. The summed E-state index contributed by atoms with van der Waals surface area (Å²) in [7, 11) is 0. The monoisotopic (exact) mass is 791 g/mol. The van der Waals surface area contributed by atoms with Gasteiger partial charge in [0, 0.05) is 19.3 Å². The van der Waals surface area contributed by atoms with Gasteiger partial charge in [0.25, 0.3) is 0 Å². The van der Waals surface area contributed by atoms with Gasteiger partial charge in [-0.25, -0.2) is 0 Å². The van der Waals surface area contributed by atoms with Gasteiger partial charge in [0.05, 0.1) is 0 Å². The van der Waals surface area contributed by atoms with Gasteiger partial charge in [-0.15, -0.1) is 0 Å². The van der Waals surface area contributed by atoms with Gasteiger partial charge in [0.1, 0.15) is 13.2 Å². The summed E-state index contributed by atoms with van der Waals surface area (Å²) in [6, 6.07) is 0. The Bertz CT molecular complexity index is 870. The number of carbonyl (C=O) groups excluding carboxylic acids is 3. The van der Waals surface area contributed by atoms with E-state index in [4.69, 9.17) is 14.2 Å². The highest BCUT2D eigenvalue weighted by Crippen LogP contribution is 2.16. The minimum absolute atomic E-state index is 0.0664. The molecule has 0 aromatic carbocycles. The fraction of sp³-hybridized carbons (Fsp3) is 0.900. The molecule has 0 aliphatic rings. The SMILES string of the molecule is CCCCCC/C=C\CCCCCCCCCC(=O)OC[C@H](COC(=O)CCCCCCCCCCCCCC)OC(=O)CCCCCCCCCCCCC. The van der Waals surface area contributed by atoms with Crippen LogP contribution < -0.4 is 0 Å². The standard InChI is InChI=1S/C50H94O6/c1-4-7-10-13-16-19-22-24-25-26-29-31-34-37-40-43-49(52)55-46-47(56-50(53)44-41-38-35-32-27-21-18-15-12-9-6-3)45-54-48(51)42-39-36-33-30-28-23-20-17-14-11-8-5-2/h19,22,47H,4-18,20-21,23-46H2,1-3H3/b22-19-/t47-/m0/s1. The highest BCUT2D eigenvalue weighted by Gasteiger charge is 2.19. The molecule has 6 heteroatoms. The minimum atomic E-state index is -0.763. The minimum Gasteiger partial charge on any atom is -0.462 e. The molecule has 0 saturated carbocycles. The lowest BCUT2D eigenvalue weighted by Gasteiger charge is -2.18. The van der Waals surface area contributed by atoms with E-state index in [1.54, 1.807) is 0 Å². The second-order valence-electron chi connectivity index (χ2n) is 16.7. The number of hydrogen-bond acceptors (Lipinski definition) is 6. The van der Waals surface area contributed by atoms with Crippen LogP contribution in [0.25, 0.3) is 0 Å². The molecule has 0 fully saturated rings. The Kier molecular flexibility index (Phi) is 44.3. The predicted molar refractivity (Wildman–Crippen MR) is 238 cm³/mol. The Hall–Kier alpha value is -1.85. The summed E-state index contributed by atoms with van der Waals surface area (Å²) in [6.07, 6.45) is 49.0. The summed E-state index contributed by atoms with van der Waals surface area (Å²) in [5.74, 6) is -0.859. The van der Waals surface area contributed by atoms with Gasteiger partial charge in [-0.2, -0.15) is 0 Å². The molecule has 6 nitrogen and oxygen atoms in total. The van der Waals surface area contributed by atoms with Crippen molar-refractivity contribution in [2.24, 2.45) is 0 Å². The molecule has 0 spiro atoms. The van der Waals surface area contributed by atoms with E-state index in [2.05, 4.69) is 32.9 Å². The third kappa shape index (κ3) is 43.3. The summed E-state index contributed by atoms with van der Waals surface area (Å²) >= 11 is 0. The van der Waals surface area contributed by atoms with Crippen molar-refractivity contribution in [1.82, 2.24) is 0 Å². The molecule has 0 bridgehead atoms. The quantitative estimate of drug-likeness (QED) is 0.0264. The second kappa shape index (κ2) is 45.8. The molecule has 0 N–H and O–H groups in total. The van der Waals surface area contributed by atoms with E-state index in [1.807, 2.05) is 0 Å². The molecule has 1 atom stereocenters. The Morgan fingerprint density at radius 2 is 0.589 bits per heavy atom. The first-order valence-corrected chi connectivity index (χ1v) is 24.7. The largest absolute Gasteiger partial charge is 0.462 e. The summed E-state index contributed by atoms with van der Waals surface area (Å²) in [4.78, 5) is 37.8. The number of allylic oxidation sites excluding steroid dienone is 2. The van der Waals surface area contributed by atoms with Crippen LogP contribution in [0.1, 0.15) is 271 Å². The van der Waals surface area contributed by atoms with Crippen molar-refractivity contribution in [2.45, 2.75) is 277 Å². The van der Waals surface area contributed by atoms with E-state index >= 15 is 0 Å². The van der Waals surface area contributed by atoms with E-state index in [9.17, 15) is 14.4 Å². The van der Waals surface area contributed by atoms with Crippen molar-refractivity contribution < 1.29 is 28.6 Å². The highest BCUT2D eigenvalue weighted by atomic mass is 16.6. The van der Waals surface area contributed by atoms with Gasteiger partial charge < -0.3 is 14.2 Å². The second-order valence-corrected chi connectivity index (χ2v) is 16.7. The van der Waals surface area contributed by atoms with Crippen LogP contribution in [0, 0.1) is 0 Å². The summed E-state index contributed by atoms with van der Waals surface area (Å²) in [5, 5.41) is 0. The maximum Gasteiger partial charge on any atom is 0.306 e. The molecule has 0 saturated heterocycles. The molecular formula is C50H94O6. The molecule has 0 rings (SSSR count). The lowest BCUT2D eigenvalue weighted by molar-refractivity contribution is -0.167. The van der Waals surface area contributed by atoms with Crippen molar-refractivity contribution >= 4 is 17.9 Å². The number of hydrogen-bond donors (Lipinski definition) is 0. The first-order chi connectivity index (χ1) is 27.5. The lowest BCUT2D eigenvalue weighted by Crippen LogP contribution is -2.30. The molecular weight excluding hydrogens is 697 g/mol. The predicted octanol–water partition coefficient (Wildman–Crippen LogP) is 15.8. The highest BCUT2D eigenvalue weighted by molar-refractivity contribution is 5.71. The maximum atomic E-state index is 12.7. The summed E-state index contributed by atoms with van der Waals surface area (Å²) in [6.45, 7) is 6.63. The molecule has 0 aromatic heterocycles. The number of ether oxygens (including phenoxy) is 3. The third-order valence-corrected chi connectivity index (χ3v) is 11.0. The Labute approximate surface area is 348 Å². The van der Waals surface area contributed by atoms with Crippen molar-refractivity contribution in [3.8, 4) is 0 Å². The van der Waals surface area contributed by atoms with Crippen molar-refractivity contribution in [2.75, 3.05) is 13.2 Å². The van der Waals surface area contributed by atoms with E-state index in [1.165, 1.54) is 173 Å². The van der Waals surface area contributed by atoms with Crippen molar-refractivity contribution in [3.63, 3.8) is 0 Å². The number of carbonyl (C=O) groups is 3. The van der Waals surface area contributed by atoms with Crippen LogP contribution in [0.3, 0.4) is 0 Å². The van der Waals surface area contributed by atoms with Crippen LogP contribution >= 0.6 is 0 Å². The average molecular weight is 791 g/mol. The Balaban J connectivity index is 4.32. The van der Waals surface area contributed by atoms with Gasteiger partial charge in [-0.3, -0.25) is 14.4 Å². The molecule has 0 aliphatic carbocycles. The molecule has 330 valence electrons. The number of rotatable bonds is 45. The number of unbranched alkanes of at least 4 members (excludes halogenated alkanes) is 32. The zero-order chi connectivity index (χ0) is 40.8. The average Bonchev–Trinajstić information content (AvgIpc) is 3.19. The van der Waals surface area contributed by atoms with Gasteiger partial charge in [-0.05, 0) is 44.9 Å². The Morgan fingerprint density at radius 1 is 0.339 bits per heavy atom. The molecule has 0 amide bonds. The molecule has 0 aliphatic heterocycles. The van der Waals surface area contributed by atoms with Crippen LogP contribution in [0.5, 0.6) is 0 Å². The van der Waals surface area contributed by atoms with Crippen molar-refractivity contribution in [1.29, 1.82) is 0 Å². The van der Waals surface area contributed by atoms with Crippen LogP contribution in [0.2, 0.25) is 0 Å². The van der Waals surface area contributed by atoms with Crippen LogP contribution in [0.4, 0.5) is 0 Å². The first-order valence-electron chi connectivity index (χ1n) is 24.7. The Morgan fingerprint density at radius 3 is 0.911 bits per heavy atom. The fourth-order valence-corrected chi connectivity index (χ4v) is 7.26. The fourth-order valence-electron chi connectivity index (χ4n) is 7.26. The molecule has 0 unspecified atom stereocenters. The van der Waals surface area contributed by atoms with Crippen LogP contribution in [-0.4, -0.2) is 37.2 Å². The summed E-state index contributed by atoms with van der Waals surface area (Å²) < 4.78 is 16.8. The van der Waals surface area contributed by atoms with Gasteiger partial charge in [0.15, 0.2) is 6.10 Å². The molecule has 56 heavy (non-hydrogen) atoms. The zero-order valence-corrected chi connectivity index (χ0v) is 37.7. The first kappa shape index (κ1) is 54.2. The summed E-state index contributed by atoms with van der Waals surface area (Å²) in [5.41, 5.74) is 0. The van der Waals surface area contributed by atoms with Gasteiger partial charge in [0.2, 0.25) is 0 Å². The van der Waals surface area contributed by atoms with E-state index in [0.717, 1.165) is 57.8 Å². The normalized spacial score (nSPS) is 12.0. The van der Waals surface area contributed by atoms with Gasteiger partial charge >= 0.3 is 17.9 Å². The van der Waals surface area contributed by atoms with Gasteiger partial charge in [-0.1, -0.05) is 219 Å². The van der Waals surface area contributed by atoms with E-state index in [-0.39, 0.29) is 31.1 Å². The van der Waals surface area contributed by atoms with Crippen LogP contribution in [-0.2, 0) is 28.6 Å². The van der Waals surface area contributed by atoms with E-state index < -0.39 is 6.10 Å². The zero-order valence-electron chi connectivity index (χ0n) is 37.7. The van der Waals surface area contributed by atoms with E-state index in [0.29, 0.717) is 19.3 Å². The smallest absolute Gasteiger partial charge is 0.306 e. The number of esters is 3. The lowest BCUT2D eigenvalue weighted by atomic mass is 10.0. The maximum absolute atomic E-state index is 12.7. The van der Waals surface area contributed by atoms with Crippen LogP contribution in [0.15, 0.2) is 12.2 Å².